The maximum Gasteiger partial charge on any atom is 0.410 e. The number of nitrogens with zero attached hydrogens (tertiary/aromatic N) is 2. The lowest BCUT2D eigenvalue weighted by Gasteiger charge is -2.37. The van der Waals surface area contributed by atoms with E-state index in [1.165, 1.54) is 0 Å². The molecular formula is C17H35N3O3. The third-order valence-corrected chi connectivity index (χ3v) is 3.65. The molecule has 0 aromatic rings. The van der Waals surface area contributed by atoms with E-state index in [4.69, 9.17) is 9.47 Å². The van der Waals surface area contributed by atoms with Crippen molar-refractivity contribution in [2.45, 2.75) is 58.8 Å². The Morgan fingerprint density at radius 1 is 1.30 bits per heavy atom. The first-order chi connectivity index (χ1) is 10.5. The van der Waals surface area contributed by atoms with Crippen molar-refractivity contribution < 1.29 is 14.3 Å². The van der Waals surface area contributed by atoms with Gasteiger partial charge >= 0.3 is 6.09 Å². The molecule has 0 bridgehead atoms. The Labute approximate surface area is 141 Å². The molecule has 0 spiro atoms. The van der Waals surface area contributed by atoms with Crippen molar-refractivity contribution in [1.29, 1.82) is 0 Å². The number of amides is 1. The topological polar surface area (TPSA) is 54.0 Å². The van der Waals surface area contributed by atoms with E-state index in [-0.39, 0.29) is 17.7 Å². The molecule has 1 N–H and O–H groups in total. The van der Waals surface area contributed by atoms with Crippen molar-refractivity contribution in [1.82, 2.24) is 15.1 Å². The molecule has 6 heteroatoms. The average Bonchev–Trinajstić information content (AvgIpc) is 2.34. The summed E-state index contributed by atoms with van der Waals surface area (Å²) in [6.45, 7) is 16.6. The predicted octanol–water partition coefficient (Wildman–Crippen LogP) is 1.94. The summed E-state index contributed by atoms with van der Waals surface area (Å²) in [7, 11) is 2.11. The summed E-state index contributed by atoms with van der Waals surface area (Å²) >= 11 is 0. The van der Waals surface area contributed by atoms with E-state index in [2.05, 4.69) is 17.3 Å². The van der Waals surface area contributed by atoms with Gasteiger partial charge in [0.2, 0.25) is 0 Å². The summed E-state index contributed by atoms with van der Waals surface area (Å²) in [6, 6.07) is 0. The van der Waals surface area contributed by atoms with Gasteiger partial charge in [0.15, 0.2) is 0 Å². The number of likely N-dealkylation sites (N-methyl/N-ethyl adjacent to an activating group) is 1. The van der Waals surface area contributed by atoms with Gasteiger partial charge in [-0.2, -0.15) is 0 Å². The number of ether oxygens (including phenoxy) is 2. The quantitative estimate of drug-likeness (QED) is 0.781. The van der Waals surface area contributed by atoms with Crippen molar-refractivity contribution in [2.24, 2.45) is 0 Å². The van der Waals surface area contributed by atoms with Crippen LogP contribution in [-0.2, 0) is 9.47 Å². The molecule has 1 unspecified atom stereocenters. The highest BCUT2D eigenvalue weighted by atomic mass is 16.6. The third-order valence-electron chi connectivity index (χ3n) is 3.65. The predicted molar refractivity (Wildman–Crippen MR) is 92.8 cm³/mol. The lowest BCUT2D eigenvalue weighted by molar-refractivity contribution is -0.0188. The Hall–Kier alpha value is -0.850. The molecule has 0 radical (unpaired) electrons. The highest BCUT2D eigenvalue weighted by Crippen LogP contribution is 2.17. The first-order valence-electron chi connectivity index (χ1n) is 8.50. The highest BCUT2D eigenvalue weighted by molar-refractivity contribution is 5.69. The number of rotatable bonds is 5. The molecule has 1 heterocycles. The molecule has 1 saturated heterocycles. The summed E-state index contributed by atoms with van der Waals surface area (Å²) < 4.78 is 11.2. The summed E-state index contributed by atoms with van der Waals surface area (Å²) in [6.07, 6.45) is -0.0428. The molecule has 1 fully saturated rings. The molecule has 136 valence electrons. The Balaban J connectivity index is 2.41. The van der Waals surface area contributed by atoms with Crippen molar-refractivity contribution >= 4 is 6.09 Å². The first kappa shape index (κ1) is 20.2. The summed E-state index contributed by atoms with van der Waals surface area (Å²) in [5, 5.41) is 3.39. The zero-order valence-electron chi connectivity index (χ0n) is 15.9. The fourth-order valence-corrected chi connectivity index (χ4v) is 2.46. The number of carbonyl (C=O) groups is 1. The van der Waals surface area contributed by atoms with Gasteiger partial charge in [0.25, 0.3) is 0 Å². The van der Waals surface area contributed by atoms with Crippen molar-refractivity contribution in [3.63, 3.8) is 0 Å². The van der Waals surface area contributed by atoms with Crippen LogP contribution in [0.1, 0.15) is 41.5 Å². The van der Waals surface area contributed by atoms with Gasteiger partial charge in [0, 0.05) is 38.3 Å². The van der Waals surface area contributed by atoms with Crippen LogP contribution < -0.4 is 5.32 Å². The van der Waals surface area contributed by atoms with Gasteiger partial charge in [-0.25, -0.2) is 4.79 Å². The van der Waals surface area contributed by atoms with Crippen LogP contribution in [0.15, 0.2) is 0 Å². The molecule has 0 aromatic heterocycles. The molecule has 0 saturated carbocycles. The molecule has 23 heavy (non-hydrogen) atoms. The fraction of sp³-hybridized carbons (Fsp3) is 0.941. The van der Waals surface area contributed by atoms with Crippen molar-refractivity contribution in [3.05, 3.63) is 0 Å². The van der Waals surface area contributed by atoms with Gasteiger partial charge in [-0.1, -0.05) is 0 Å². The zero-order chi connectivity index (χ0) is 17.7. The van der Waals surface area contributed by atoms with E-state index in [9.17, 15) is 4.79 Å². The van der Waals surface area contributed by atoms with Crippen molar-refractivity contribution in [3.8, 4) is 0 Å². The minimum Gasteiger partial charge on any atom is -0.444 e. The maximum atomic E-state index is 12.4. The summed E-state index contributed by atoms with van der Waals surface area (Å²) in [5.41, 5.74) is -0.750. The third kappa shape index (κ3) is 7.99. The molecule has 1 aliphatic heterocycles. The second-order valence-electron chi connectivity index (χ2n) is 8.26. The Morgan fingerprint density at radius 3 is 2.48 bits per heavy atom. The van der Waals surface area contributed by atoms with Crippen LogP contribution in [0.2, 0.25) is 0 Å². The minimum atomic E-state index is -0.478. The van der Waals surface area contributed by atoms with E-state index < -0.39 is 5.60 Å². The summed E-state index contributed by atoms with van der Waals surface area (Å²) in [4.78, 5) is 16.4. The summed E-state index contributed by atoms with van der Waals surface area (Å²) in [5.74, 6) is 0. The molecule has 1 aliphatic rings. The van der Waals surface area contributed by atoms with Crippen molar-refractivity contribution in [2.75, 3.05) is 46.4 Å². The maximum absolute atomic E-state index is 12.4. The Kier molecular flexibility index (Phi) is 7.29. The number of hydrogen-bond donors (Lipinski definition) is 1. The lowest BCUT2D eigenvalue weighted by atomic mass is 10.1. The van der Waals surface area contributed by atoms with Crippen LogP contribution in [0, 0.1) is 0 Å². The van der Waals surface area contributed by atoms with Crippen LogP contribution in [-0.4, -0.2) is 79.5 Å². The molecule has 0 aliphatic carbocycles. The van der Waals surface area contributed by atoms with Crippen LogP contribution in [0.5, 0.6) is 0 Å². The van der Waals surface area contributed by atoms with Gasteiger partial charge in [-0.3, -0.25) is 0 Å². The van der Waals surface area contributed by atoms with E-state index in [0.717, 1.165) is 32.8 Å². The van der Waals surface area contributed by atoms with Gasteiger partial charge in [-0.05, 0) is 48.6 Å². The SMILES string of the molecule is CN1CCOC(CNCCN(C(=O)OC(C)(C)C)C(C)(C)C)C1. The normalized spacial score (nSPS) is 20.4. The van der Waals surface area contributed by atoms with Gasteiger partial charge in [0.1, 0.15) is 5.60 Å². The highest BCUT2D eigenvalue weighted by Gasteiger charge is 2.30. The number of nitrogens with one attached hydrogen (secondary N) is 1. The monoisotopic (exact) mass is 329 g/mol. The molecule has 1 atom stereocenters. The van der Waals surface area contributed by atoms with E-state index in [0.29, 0.717) is 6.54 Å². The first-order valence-corrected chi connectivity index (χ1v) is 8.50. The van der Waals surface area contributed by atoms with Crippen LogP contribution >= 0.6 is 0 Å². The van der Waals surface area contributed by atoms with Crippen LogP contribution in [0.25, 0.3) is 0 Å². The van der Waals surface area contributed by atoms with Crippen LogP contribution in [0.3, 0.4) is 0 Å². The number of carbonyl (C=O) groups excluding carboxylic acids is 1. The lowest BCUT2D eigenvalue weighted by Crippen LogP contribution is -2.51. The Morgan fingerprint density at radius 2 is 1.96 bits per heavy atom. The van der Waals surface area contributed by atoms with Crippen LogP contribution in [0.4, 0.5) is 4.79 Å². The van der Waals surface area contributed by atoms with E-state index >= 15 is 0 Å². The standard InChI is InChI=1S/C17H35N3O3/c1-16(2,3)20(15(21)23-17(4,5)6)9-8-18-12-14-13-19(7)10-11-22-14/h14,18H,8-13H2,1-7H3. The molecular weight excluding hydrogens is 294 g/mol. The molecule has 1 rings (SSSR count). The average molecular weight is 329 g/mol. The fourth-order valence-electron chi connectivity index (χ4n) is 2.46. The van der Waals surface area contributed by atoms with Gasteiger partial charge in [0.05, 0.1) is 12.7 Å². The zero-order valence-corrected chi connectivity index (χ0v) is 15.9. The van der Waals surface area contributed by atoms with Gasteiger partial charge in [-0.15, -0.1) is 0 Å². The van der Waals surface area contributed by atoms with E-state index in [1.54, 1.807) is 4.90 Å². The molecule has 6 nitrogen and oxygen atoms in total. The van der Waals surface area contributed by atoms with E-state index in [1.807, 2.05) is 41.5 Å². The second kappa shape index (κ2) is 8.31. The number of hydrogen-bond acceptors (Lipinski definition) is 5. The molecule has 1 amide bonds. The number of morpholine rings is 1. The second-order valence-corrected chi connectivity index (χ2v) is 8.26. The smallest absolute Gasteiger partial charge is 0.410 e. The minimum absolute atomic E-state index is 0.221. The Bertz CT molecular complexity index is 374. The molecule has 0 aromatic carbocycles. The largest absolute Gasteiger partial charge is 0.444 e. The van der Waals surface area contributed by atoms with Gasteiger partial charge < -0.3 is 24.6 Å².